The largest absolute Gasteiger partial charge is 0.497 e. The van der Waals surface area contributed by atoms with Gasteiger partial charge in [0, 0.05) is 41.2 Å². The number of aryl methyl sites for hydroxylation is 1. The summed E-state index contributed by atoms with van der Waals surface area (Å²) in [6.07, 6.45) is 3.36. The SMILES string of the molecule is COc1ccc(CN(C(=O)C2C[C@H](C)N(Cc3ccccc3)[C@H](c3cn(C)nn3)C2)c2ccc(Cl)cc2Br)cc1. The summed E-state index contributed by atoms with van der Waals surface area (Å²) in [5.74, 6) is 0.662. The van der Waals surface area contributed by atoms with E-state index >= 15 is 0 Å². The lowest BCUT2D eigenvalue weighted by Gasteiger charge is -2.44. The number of likely N-dealkylation sites (tertiary alicyclic amines) is 1. The molecule has 1 saturated heterocycles. The highest BCUT2D eigenvalue weighted by Gasteiger charge is 2.40. The minimum absolute atomic E-state index is 0.0388. The molecule has 208 valence electrons. The molecule has 7 nitrogen and oxygen atoms in total. The van der Waals surface area contributed by atoms with Crippen LogP contribution in [-0.2, 0) is 24.9 Å². The average molecular weight is 623 g/mol. The van der Waals surface area contributed by atoms with E-state index in [-0.39, 0.29) is 23.9 Å². The Labute approximate surface area is 248 Å². The van der Waals surface area contributed by atoms with Crippen molar-refractivity contribution in [2.75, 3.05) is 12.0 Å². The minimum Gasteiger partial charge on any atom is -0.497 e. The van der Waals surface area contributed by atoms with Gasteiger partial charge in [-0.15, -0.1) is 5.10 Å². The van der Waals surface area contributed by atoms with Crippen molar-refractivity contribution in [3.05, 3.63) is 105 Å². The Kier molecular flexibility index (Phi) is 8.88. The Balaban J connectivity index is 1.47. The number of amides is 1. The van der Waals surface area contributed by atoms with Gasteiger partial charge in [-0.1, -0.05) is 59.3 Å². The third-order valence-corrected chi connectivity index (χ3v) is 8.46. The summed E-state index contributed by atoms with van der Waals surface area (Å²) in [6, 6.07) is 24.0. The minimum atomic E-state index is -0.199. The molecule has 0 N–H and O–H groups in total. The van der Waals surface area contributed by atoms with Crippen molar-refractivity contribution < 1.29 is 9.53 Å². The van der Waals surface area contributed by atoms with Gasteiger partial charge in [0.2, 0.25) is 5.91 Å². The lowest BCUT2D eigenvalue weighted by atomic mass is 9.83. The van der Waals surface area contributed by atoms with Crippen LogP contribution in [-0.4, -0.2) is 39.0 Å². The number of benzene rings is 3. The van der Waals surface area contributed by atoms with E-state index in [0.29, 0.717) is 18.0 Å². The molecule has 1 unspecified atom stereocenters. The van der Waals surface area contributed by atoms with Crippen LogP contribution in [0.5, 0.6) is 5.75 Å². The van der Waals surface area contributed by atoms with E-state index in [4.69, 9.17) is 16.3 Å². The van der Waals surface area contributed by atoms with Crippen molar-refractivity contribution in [2.45, 2.75) is 44.9 Å². The number of halogens is 2. The van der Waals surface area contributed by atoms with Crippen LogP contribution in [0.4, 0.5) is 5.69 Å². The Morgan fingerprint density at radius 3 is 2.48 bits per heavy atom. The molecule has 5 rings (SSSR count). The molecule has 1 fully saturated rings. The molecule has 40 heavy (non-hydrogen) atoms. The molecule has 3 atom stereocenters. The molecule has 1 aliphatic rings. The smallest absolute Gasteiger partial charge is 0.230 e. The number of aromatic nitrogens is 3. The summed E-state index contributed by atoms with van der Waals surface area (Å²) in [5.41, 5.74) is 3.92. The van der Waals surface area contributed by atoms with Gasteiger partial charge in [-0.2, -0.15) is 0 Å². The summed E-state index contributed by atoms with van der Waals surface area (Å²) in [4.78, 5) is 18.8. The average Bonchev–Trinajstić information content (AvgIpc) is 3.39. The summed E-state index contributed by atoms with van der Waals surface area (Å²) in [6.45, 7) is 3.41. The molecule has 3 aromatic carbocycles. The second kappa shape index (κ2) is 12.5. The van der Waals surface area contributed by atoms with Crippen LogP contribution in [0, 0.1) is 5.92 Å². The molecule has 0 aliphatic carbocycles. The normalized spacial score (nSPS) is 19.4. The highest BCUT2D eigenvalue weighted by atomic mass is 79.9. The molecule has 4 aromatic rings. The van der Waals surface area contributed by atoms with Crippen LogP contribution in [0.2, 0.25) is 5.02 Å². The van der Waals surface area contributed by atoms with E-state index in [1.807, 2.05) is 66.7 Å². The van der Waals surface area contributed by atoms with Gasteiger partial charge in [0.15, 0.2) is 0 Å². The molecule has 0 radical (unpaired) electrons. The fourth-order valence-corrected chi connectivity index (χ4v) is 6.44. The number of hydrogen-bond donors (Lipinski definition) is 0. The van der Waals surface area contributed by atoms with Crippen molar-refractivity contribution in [2.24, 2.45) is 13.0 Å². The van der Waals surface area contributed by atoms with Crippen molar-refractivity contribution in [1.82, 2.24) is 19.9 Å². The number of hydrogen-bond acceptors (Lipinski definition) is 5. The molecule has 9 heteroatoms. The van der Waals surface area contributed by atoms with Crippen LogP contribution in [0.3, 0.4) is 0 Å². The topological polar surface area (TPSA) is 63.5 Å². The maximum absolute atomic E-state index is 14.4. The van der Waals surface area contributed by atoms with Gasteiger partial charge in [0.05, 0.1) is 31.1 Å². The Morgan fingerprint density at radius 2 is 1.82 bits per heavy atom. The van der Waals surface area contributed by atoms with Gasteiger partial charge in [-0.3, -0.25) is 14.4 Å². The van der Waals surface area contributed by atoms with Crippen LogP contribution >= 0.6 is 27.5 Å². The number of ether oxygens (including phenoxy) is 1. The van der Waals surface area contributed by atoms with E-state index in [1.165, 1.54) is 5.56 Å². The molecule has 1 aliphatic heterocycles. The number of carbonyl (C=O) groups is 1. The highest BCUT2D eigenvalue weighted by Crippen LogP contribution is 2.40. The van der Waals surface area contributed by atoms with E-state index in [1.54, 1.807) is 11.8 Å². The van der Waals surface area contributed by atoms with Crippen LogP contribution in [0.25, 0.3) is 0 Å². The second-order valence-electron chi connectivity index (χ2n) is 10.4. The zero-order valence-corrected chi connectivity index (χ0v) is 25.2. The van der Waals surface area contributed by atoms with E-state index in [9.17, 15) is 4.79 Å². The molecule has 0 saturated carbocycles. The van der Waals surface area contributed by atoms with Gasteiger partial charge in [0.25, 0.3) is 0 Å². The first-order chi connectivity index (χ1) is 19.3. The zero-order valence-electron chi connectivity index (χ0n) is 22.9. The number of methoxy groups -OCH3 is 1. The molecular weight excluding hydrogens is 590 g/mol. The number of anilines is 1. The second-order valence-corrected chi connectivity index (χ2v) is 11.7. The monoisotopic (exact) mass is 621 g/mol. The van der Waals surface area contributed by atoms with Gasteiger partial charge < -0.3 is 9.64 Å². The molecular formula is C31H33BrClN5O2. The first-order valence-corrected chi connectivity index (χ1v) is 14.5. The Bertz CT molecular complexity index is 1450. The van der Waals surface area contributed by atoms with Crippen molar-refractivity contribution in [3.8, 4) is 5.75 Å². The van der Waals surface area contributed by atoms with Crippen molar-refractivity contribution >= 4 is 39.1 Å². The number of carbonyl (C=O) groups excluding carboxylic acids is 1. The van der Waals surface area contributed by atoms with Crippen LogP contribution < -0.4 is 9.64 Å². The fraction of sp³-hybridized carbons (Fsp3) is 0.323. The van der Waals surface area contributed by atoms with E-state index in [0.717, 1.165) is 40.1 Å². The fourth-order valence-electron chi connectivity index (χ4n) is 5.54. The predicted molar refractivity (Wildman–Crippen MR) is 161 cm³/mol. The summed E-state index contributed by atoms with van der Waals surface area (Å²) in [5, 5.41) is 9.31. The van der Waals surface area contributed by atoms with Crippen LogP contribution in [0.1, 0.15) is 42.6 Å². The third kappa shape index (κ3) is 6.40. The van der Waals surface area contributed by atoms with Gasteiger partial charge in [0.1, 0.15) is 5.75 Å². The van der Waals surface area contributed by atoms with Gasteiger partial charge >= 0.3 is 0 Å². The quantitative estimate of drug-likeness (QED) is 0.216. The first-order valence-electron chi connectivity index (χ1n) is 13.4. The molecule has 0 spiro atoms. The molecule has 0 bridgehead atoms. The lowest BCUT2D eigenvalue weighted by molar-refractivity contribution is -0.126. The summed E-state index contributed by atoms with van der Waals surface area (Å²) in [7, 11) is 3.52. The van der Waals surface area contributed by atoms with Gasteiger partial charge in [-0.05, 0) is 77.2 Å². The highest BCUT2D eigenvalue weighted by molar-refractivity contribution is 9.10. The number of rotatable bonds is 8. The van der Waals surface area contributed by atoms with Gasteiger partial charge in [-0.25, -0.2) is 0 Å². The van der Waals surface area contributed by atoms with Crippen molar-refractivity contribution in [1.29, 1.82) is 0 Å². The number of nitrogens with zero attached hydrogens (tertiary/aromatic N) is 5. The first kappa shape index (κ1) is 28.3. The Morgan fingerprint density at radius 1 is 1.07 bits per heavy atom. The van der Waals surface area contributed by atoms with Crippen LogP contribution in [0.15, 0.2) is 83.5 Å². The summed E-state index contributed by atoms with van der Waals surface area (Å²) < 4.78 is 7.84. The maximum Gasteiger partial charge on any atom is 0.230 e. The molecule has 1 aromatic heterocycles. The maximum atomic E-state index is 14.4. The Hall–Kier alpha value is -3.20. The predicted octanol–water partition coefficient (Wildman–Crippen LogP) is 6.81. The van der Waals surface area contributed by atoms with E-state index < -0.39 is 0 Å². The lowest BCUT2D eigenvalue weighted by Crippen LogP contribution is -2.47. The van der Waals surface area contributed by atoms with Crippen molar-refractivity contribution in [3.63, 3.8) is 0 Å². The number of piperidine rings is 1. The third-order valence-electron chi connectivity index (χ3n) is 7.59. The summed E-state index contributed by atoms with van der Waals surface area (Å²) >= 11 is 9.92. The zero-order chi connectivity index (χ0) is 28.2. The standard InChI is InChI=1S/C31H33BrClN5O2/c1-21-15-24(16-30(28-20-36(2)35-34-28)37(21)18-22-7-5-4-6-8-22)31(39)38(29-14-11-25(33)17-27(29)32)19-23-9-12-26(40-3)13-10-23/h4-14,17,20-21,24,30H,15-16,18-19H2,1-3H3/t21-,24?,30-/m0/s1. The molecule has 2 heterocycles. The van der Waals surface area contributed by atoms with E-state index in [2.05, 4.69) is 62.3 Å². The molecule has 1 amide bonds.